The summed E-state index contributed by atoms with van der Waals surface area (Å²) in [5.41, 5.74) is 8.61. The van der Waals surface area contributed by atoms with Crippen molar-refractivity contribution in [2.75, 3.05) is 6.54 Å². The Kier molecular flexibility index (Phi) is 5.65. The Bertz CT molecular complexity index is 1020. The van der Waals surface area contributed by atoms with E-state index in [4.69, 9.17) is 11.1 Å². The monoisotopic (exact) mass is 380 g/mol. The SMILES string of the molecule is CC(C)(C)c1cc2cn(-c3ccc(CNCCCC(=N)N)cc3)c(=O)nc2[nH]1. The predicted octanol–water partition coefficient (Wildman–Crippen LogP) is 2.82. The summed E-state index contributed by atoms with van der Waals surface area (Å²) in [7, 11) is 0. The van der Waals surface area contributed by atoms with E-state index in [9.17, 15) is 4.79 Å². The molecule has 0 saturated carbocycles. The van der Waals surface area contributed by atoms with Crippen molar-refractivity contribution in [3.63, 3.8) is 0 Å². The molecule has 0 spiro atoms. The molecule has 0 radical (unpaired) electrons. The van der Waals surface area contributed by atoms with Gasteiger partial charge in [-0.15, -0.1) is 0 Å². The van der Waals surface area contributed by atoms with Gasteiger partial charge < -0.3 is 16.0 Å². The molecule has 0 atom stereocenters. The van der Waals surface area contributed by atoms with E-state index in [1.807, 2.05) is 30.5 Å². The van der Waals surface area contributed by atoms with Crippen LogP contribution in [-0.2, 0) is 12.0 Å². The summed E-state index contributed by atoms with van der Waals surface area (Å²) in [6.45, 7) is 7.91. The Morgan fingerprint density at radius 1 is 1.29 bits per heavy atom. The topological polar surface area (TPSA) is 113 Å². The Morgan fingerprint density at radius 3 is 2.64 bits per heavy atom. The summed E-state index contributed by atoms with van der Waals surface area (Å²) in [4.78, 5) is 19.9. The van der Waals surface area contributed by atoms with Crippen LogP contribution >= 0.6 is 0 Å². The molecule has 2 aromatic heterocycles. The largest absolute Gasteiger partial charge is 0.388 e. The van der Waals surface area contributed by atoms with E-state index < -0.39 is 0 Å². The van der Waals surface area contributed by atoms with Crippen LogP contribution in [0.3, 0.4) is 0 Å². The van der Waals surface area contributed by atoms with Gasteiger partial charge in [-0.05, 0) is 36.7 Å². The number of aromatic nitrogens is 3. The molecule has 0 unspecified atom stereocenters. The van der Waals surface area contributed by atoms with Crippen molar-refractivity contribution in [2.24, 2.45) is 5.73 Å². The summed E-state index contributed by atoms with van der Waals surface area (Å²) >= 11 is 0. The van der Waals surface area contributed by atoms with Gasteiger partial charge >= 0.3 is 5.69 Å². The third-order valence-electron chi connectivity index (χ3n) is 4.66. The number of nitrogens with one attached hydrogen (secondary N) is 3. The maximum absolute atomic E-state index is 12.5. The Morgan fingerprint density at radius 2 is 2.00 bits per heavy atom. The second-order valence-corrected chi connectivity index (χ2v) is 8.10. The van der Waals surface area contributed by atoms with Crippen molar-refractivity contribution >= 4 is 16.9 Å². The van der Waals surface area contributed by atoms with Crippen LogP contribution in [0.15, 0.2) is 41.3 Å². The fourth-order valence-electron chi connectivity index (χ4n) is 2.99. The van der Waals surface area contributed by atoms with Gasteiger partial charge in [0.05, 0.1) is 11.5 Å². The molecule has 148 valence electrons. The lowest BCUT2D eigenvalue weighted by Crippen LogP contribution is -2.21. The zero-order chi connectivity index (χ0) is 20.3. The number of amidine groups is 1. The minimum Gasteiger partial charge on any atom is -0.388 e. The normalized spacial score (nSPS) is 11.8. The Balaban J connectivity index is 1.74. The number of nitrogens with two attached hydrogens (primary N) is 1. The number of nitrogens with zero attached hydrogens (tertiary/aromatic N) is 2. The lowest BCUT2D eigenvalue weighted by atomic mass is 9.92. The molecule has 5 N–H and O–H groups in total. The number of rotatable bonds is 7. The third-order valence-corrected chi connectivity index (χ3v) is 4.66. The molecule has 0 aliphatic heterocycles. The smallest absolute Gasteiger partial charge is 0.354 e. The molecule has 0 aliphatic carbocycles. The van der Waals surface area contributed by atoms with E-state index in [0.717, 1.165) is 41.8 Å². The van der Waals surface area contributed by atoms with Crippen LogP contribution in [0.5, 0.6) is 0 Å². The maximum Gasteiger partial charge on any atom is 0.354 e. The maximum atomic E-state index is 12.5. The van der Waals surface area contributed by atoms with Crippen LogP contribution < -0.4 is 16.7 Å². The van der Waals surface area contributed by atoms with Crippen molar-refractivity contribution in [2.45, 2.75) is 45.6 Å². The van der Waals surface area contributed by atoms with E-state index in [1.54, 1.807) is 4.57 Å². The number of hydrogen-bond acceptors (Lipinski definition) is 4. The van der Waals surface area contributed by atoms with Gasteiger partial charge in [-0.3, -0.25) is 9.98 Å². The lowest BCUT2D eigenvalue weighted by Gasteiger charge is -2.15. The molecule has 7 nitrogen and oxygen atoms in total. The molecule has 3 rings (SSSR count). The average molecular weight is 380 g/mol. The second-order valence-electron chi connectivity index (χ2n) is 8.10. The first-order chi connectivity index (χ1) is 13.2. The van der Waals surface area contributed by atoms with Gasteiger partial charge in [0, 0.05) is 35.7 Å². The van der Waals surface area contributed by atoms with E-state index in [-0.39, 0.29) is 16.9 Å². The van der Waals surface area contributed by atoms with Gasteiger partial charge in [0.15, 0.2) is 0 Å². The first kappa shape index (κ1) is 19.8. The summed E-state index contributed by atoms with van der Waals surface area (Å²) in [6, 6.07) is 9.92. The molecule has 7 heteroatoms. The van der Waals surface area contributed by atoms with Crippen LogP contribution in [0, 0.1) is 5.41 Å². The predicted molar refractivity (Wildman–Crippen MR) is 113 cm³/mol. The Hall–Kier alpha value is -2.93. The zero-order valence-electron chi connectivity index (χ0n) is 16.7. The molecular formula is C21H28N6O. The number of H-pyrrole nitrogens is 1. The highest BCUT2D eigenvalue weighted by Gasteiger charge is 2.17. The molecule has 3 aromatic rings. The van der Waals surface area contributed by atoms with Crippen molar-refractivity contribution in [3.8, 4) is 5.69 Å². The summed E-state index contributed by atoms with van der Waals surface area (Å²) in [5.74, 6) is 0.221. The standard InChI is InChI=1S/C21H28N6O/c1-21(2,3)17-11-15-13-27(20(28)26-19(15)25-17)16-8-6-14(7-9-16)12-24-10-4-5-18(22)23/h6-9,11,13,24H,4-5,10,12H2,1-3H3,(H3,22,23)(H,25,26,28). The first-order valence-electron chi connectivity index (χ1n) is 9.50. The molecule has 0 fully saturated rings. The molecular weight excluding hydrogens is 352 g/mol. The molecule has 0 aliphatic rings. The minimum absolute atomic E-state index is 0.0341. The van der Waals surface area contributed by atoms with Gasteiger partial charge in [0.2, 0.25) is 0 Å². The molecule has 28 heavy (non-hydrogen) atoms. The highest BCUT2D eigenvalue weighted by atomic mass is 16.1. The first-order valence-corrected chi connectivity index (χ1v) is 9.50. The minimum atomic E-state index is -0.301. The van der Waals surface area contributed by atoms with Gasteiger partial charge in [-0.2, -0.15) is 4.98 Å². The lowest BCUT2D eigenvalue weighted by molar-refractivity contribution is 0.574. The van der Waals surface area contributed by atoms with Crippen molar-refractivity contribution < 1.29 is 0 Å². The molecule has 0 bridgehead atoms. The summed E-state index contributed by atoms with van der Waals surface area (Å²) in [6.07, 6.45) is 3.30. The highest BCUT2D eigenvalue weighted by molar-refractivity contribution is 5.77. The van der Waals surface area contributed by atoms with Gasteiger partial charge in [0.1, 0.15) is 5.65 Å². The van der Waals surface area contributed by atoms with Gasteiger partial charge in [-0.1, -0.05) is 32.9 Å². The van der Waals surface area contributed by atoms with Gasteiger partial charge in [-0.25, -0.2) is 4.79 Å². The quantitative estimate of drug-likeness (QED) is 0.287. The van der Waals surface area contributed by atoms with E-state index >= 15 is 0 Å². The fourth-order valence-corrected chi connectivity index (χ4v) is 2.99. The third kappa shape index (κ3) is 4.67. The number of aromatic amines is 1. The Labute approximate surface area is 164 Å². The van der Waals surface area contributed by atoms with Crippen molar-refractivity contribution in [1.29, 1.82) is 5.41 Å². The highest BCUT2D eigenvalue weighted by Crippen LogP contribution is 2.24. The number of benzene rings is 1. The van der Waals surface area contributed by atoms with E-state index in [0.29, 0.717) is 12.1 Å². The average Bonchev–Trinajstić information content (AvgIpc) is 3.04. The molecule has 2 heterocycles. The second kappa shape index (κ2) is 7.98. The molecule has 1 aromatic carbocycles. The number of hydrogen-bond donors (Lipinski definition) is 4. The van der Waals surface area contributed by atoms with E-state index in [2.05, 4.69) is 42.1 Å². The van der Waals surface area contributed by atoms with Crippen LogP contribution in [-0.4, -0.2) is 26.9 Å². The number of fused-ring (bicyclic) bond motifs is 1. The van der Waals surface area contributed by atoms with Crippen LogP contribution in [0.4, 0.5) is 0 Å². The molecule has 0 saturated heterocycles. The summed E-state index contributed by atoms with van der Waals surface area (Å²) < 4.78 is 1.58. The molecule has 0 amide bonds. The summed E-state index contributed by atoms with van der Waals surface area (Å²) in [5, 5.41) is 11.5. The van der Waals surface area contributed by atoms with Crippen LogP contribution in [0.25, 0.3) is 16.7 Å². The van der Waals surface area contributed by atoms with Crippen molar-refractivity contribution in [1.82, 2.24) is 19.9 Å². The van der Waals surface area contributed by atoms with Crippen LogP contribution in [0.2, 0.25) is 0 Å². The van der Waals surface area contributed by atoms with Crippen molar-refractivity contribution in [3.05, 3.63) is 58.3 Å². The van der Waals surface area contributed by atoms with Crippen LogP contribution in [0.1, 0.15) is 44.9 Å². The van der Waals surface area contributed by atoms with E-state index in [1.165, 1.54) is 0 Å². The van der Waals surface area contributed by atoms with Gasteiger partial charge in [0.25, 0.3) is 0 Å². The fraction of sp³-hybridized carbons (Fsp3) is 0.381. The zero-order valence-corrected chi connectivity index (χ0v) is 16.7.